The zero-order chi connectivity index (χ0) is 74.0. The van der Waals surface area contributed by atoms with E-state index >= 15 is 0 Å². The molecule has 4 aromatic heterocycles. The summed E-state index contributed by atoms with van der Waals surface area (Å²) in [5, 5.41) is 68.9. The predicted molar refractivity (Wildman–Crippen MR) is 463 cm³/mol. The Morgan fingerprint density at radius 1 is 0.186 bits per heavy atom. The van der Waals surface area contributed by atoms with Crippen molar-refractivity contribution >= 4 is 157 Å². The van der Waals surface area contributed by atoms with E-state index in [0.717, 1.165) is 66.9 Å². The van der Waals surface area contributed by atoms with Crippen LogP contribution in [0.4, 0.5) is 0 Å². The maximum absolute atomic E-state index is 4.87. The summed E-state index contributed by atoms with van der Waals surface area (Å²) < 4.78 is 7.88. The van der Waals surface area contributed by atoms with Gasteiger partial charge < -0.3 is 0 Å². The molecule has 24 rings (SSSR count). The lowest BCUT2D eigenvalue weighted by molar-refractivity contribution is 0.652. The molecule has 0 unspecified atom stereocenters. The Balaban J connectivity index is 0.613. The minimum atomic E-state index is -2.02. The van der Waals surface area contributed by atoms with Gasteiger partial charge in [-0.25, -0.2) is 18.7 Å². The van der Waals surface area contributed by atoms with Crippen molar-refractivity contribution in [2.75, 3.05) is 0 Å². The van der Waals surface area contributed by atoms with Gasteiger partial charge >= 0.3 is 0 Å². The van der Waals surface area contributed by atoms with E-state index in [1.54, 1.807) is 0 Å². The SMILES string of the molecule is c1cc2ccc3ccc(Cn4cc(-c5ccc([B-](c6ccc(-c7cn(Cc8ccc9ccc%10cccc%11ccc8c9c%10%11)nn7)cc6)(c6ccc(-c7cn(Cc8ccc9ccc%10cccc%11ccc8c9c%10%11)nn7)cc6)c6ccc(-c7cn(Cc8ccc9ccc%10cccc%11ccc8c9c%10%11)nn7)cc6)cc5)nn4)c4ccc(c1)c2c34. The van der Waals surface area contributed by atoms with Crippen molar-refractivity contribution in [3.63, 3.8) is 0 Å². The number of nitrogens with zero attached hydrogens (tertiary/aromatic N) is 12. The summed E-state index contributed by atoms with van der Waals surface area (Å²) in [6.07, 6.45) is 6.28. The Bertz CT molecular complexity index is 6880. The molecule has 0 aliphatic heterocycles. The summed E-state index contributed by atoms with van der Waals surface area (Å²) >= 11 is 0. The number of hydrogen-bond acceptors (Lipinski definition) is 8. The third kappa shape index (κ3) is 9.97. The van der Waals surface area contributed by atoms with Gasteiger partial charge in [-0.2, -0.15) is 21.9 Å². The van der Waals surface area contributed by atoms with Gasteiger partial charge in [-0.3, -0.25) is 0 Å². The lowest BCUT2D eigenvalue weighted by Crippen LogP contribution is -2.74. The van der Waals surface area contributed by atoms with Crippen molar-refractivity contribution in [1.82, 2.24) is 60.0 Å². The van der Waals surface area contributed by atoms with E-state index in [2.05, 4.69) is 340 Å². The van der Waals surface area contributed by atoms with Gasteiger partial charge in [0.2, 0.25) is 0 Å². The second-order valence-corrected chi connectivity index (χ2v) is 30.9. The van der Waals surface area contributed by atoms with Gasteiger partial charge in [-0.15, -0.1) is 20.4 Å². The quantitative estimate of drug-likeness (QED) is 0.0692. The van der Waals surface area contributed by atoms with E-state index in [0.29, 0.717) is 26.2 Å². The van der Waals surface area contributed by atoms with Gasteiger partial charge in [-0.05, 0) is 152 Å². The molecule has 13 heteroatoms. The Kier molecular flexibility index (Phi) is 13.7. The maximum Gasteiger partial charge on any atom is 0.113 e. The third-order valence-electron chi connectivity index (χ3n) is 24.8. The summed E-state index contributed by atoms with van der Waals surface area (Å²) in [6, 6.07) is 116. The van der Waals surface area contributed by atoms with E-state index < -0.39 is 6.15 Å². The van der Waals surface area contributed by atoms with E-state index in [1.165, 1.54) is 152 Å². The average Bonchev–Trinajstić information content (AvgIpc) is 1.38. The standard InChI is InChI=1S/C100H64BN12/c1-5-65-13-17-73-21-25-77(85-49-37-69(9-1)93(65)97(73)85)53-110-57-89(102-106-110)61-29-41-81(42-30-61)101(82-43-31-62(32-44-82)90-58-111(107-103-90)54-78-26-22-74-18-14-66-6-2-10-70-38-50-86(78)98(74)94(66)70,83-45-33-63(34-46-83)91-59-112(108-104-91)55-79-27-23-75-19-15-67-7-3-11-71-39-51-87(79)99(75)95(67)71)84-47-35-64(36-48-84)92-60-113(109-105-92)56-80-28-24-76-20-16-68-8-4-12-72-40-52-88(80)100(76)96(68)72/h1-52,57-60H,53-56H2/q-1. The van der Waals surface area contributed by atoms with E-state index in [-0.39, 0.29) is 0 Å². The first-order chi connectivity index (χ1) is 55.9. The molecule has 4 heterocycles. The molecule has 0 aliphatic carbocycles. The minimum absolute atomic E-state index is 0.570. The number of hydrogen-bond donors (Lipinski definition) is 0. The van der Waals surface area contributed by atoms with Crippen molar-refractivity contribution in [2.24, 2.45) is 0 Å². The molecule has 0 N–H and O–H groups in total. The largest absolute Gasteiger partial charge is 0.247 e. The lowest BCUT2D eigenvalue weighted by atomic mass is 9.13. The maximum atomic E-state index is 4.87. The Labute approximate surface area is 646 Å². The van der Waals surface area contributed by atoms with Crippen LogP contribution in [-0.2, 0) is 26.2 Å². The van der Waals surface area contributed by atoms with Gasteiger partial charge in [-0.1, -0.05) is 336 Å². The second-order valence-electron chi connectivity index (χ2n) is 30.9. The fraction of sp³-hybridized carbons (Fsp3) is 0.0400. The van der Waals surface area contributed by atoms with Crippen molar-refractivity contribution in [1.29, 1.82) is 0 Å². The number of benzene rings is 20. The molecule has 12 nitrogen and oxygen atoms in total. The normalized spacial score (nSPS) is 12.4. The molecule has 0 saturated heterocycles. The van der Waals surface area contributed by atoms with Gasteiger partial charge in [0.05, 0.1) is 51.0 Å². The van der Waals surface area contributed by atoms with Crippen LogP contribution < -0.4 is 21.9 Å². The highest BCUT2D eigenvalue weighted by atomic mass is 15.4. The van der Waals surface area contributed by atoms with Crippen molar-refractivity contribution in [3.8, 4) is 45.0 Å². The van der Waals surface area contributed by atoms with Crippen LogP contribution in [0.2, 0.25) is 0 Å². The van der Waals surface area contributed by atoms with Crippen LogP contribution in [0.15, 0.2) is 340 Å². The first-order valence-corrected chi connectivity index (χ1v) is 38.7. The van der Waals surface area contributed by atoms with Crippen molar-refractivity contribution in [3.05, 3.63) is 362 Å². The number of rotatable bonds is 16. The first-order valence-electron chi connectivity index (χ1n) is 38.7. The Hall–Kier alpha value is -14.8. The third-order valence-corrected chi connectivity index (χ3v) is 24.8. The van der Waals surface area contributed by atoms with Crippen molar-refractivity contribution in [2.45, 2.75) is 26.2 Å². The minimum Gasteiger partial charge on any atom is -0.247 e. The van der Waals surface area contributed by atoms with Crippen LogP contribution in [0.3, 0.4) is 0 Å². The summed E-state index contributed by atoms with van der Waals surface area (Å²) in [6.45, 7) is 2.28. The molecular weight excluding hydrogens is 1380 g/mol. The number of aromatic nitrogens is 12. The molecule has 0 amide bonds. The first kappa shape index (κ1) is 63.1. The van der Waals surface area contributed by atoms with Crippen LogP contribution in [0, 0.1) is 0 Å². The van der Waals surface area contributed by atoms with Gasteiger partial charge in [0.1, 0.15) is 28.9 Å². The van der Waals surface area contributed by atoms with Crippen molar-refractivity contribution < 1.29 is 0 Å². The summed E-state index contributed by atoms with van der Waals surface area (Å²) in [5.74, 6) is 0. The monoisotopic (exact) mass is 1440 g/mol. The van der Waals surface area contributed by atoms with Crippen LogP contribution in [0.5, 0.6) is 0 Å². The molecular formula is C100H64BN12-. The van der Waals surface area contributed by atoms with E-state index in [1.807, 2.05) is 18.7 Å². The van der Waals surface area contributed by atoms with Crippen LogP contribution in [0.1, 0.15) is 22.3 Å². The zero-order valence-electron chi connectivity index (χ0n) is 61.1. The fourth-order valence-corrected chi connectivity index (χ4v) is 19.4. The van der Waals surface area contributed by atoms with Crippen LogP contribution in [0.25, 0.3) is 174 Å². The van der Waals surface area contributed by atoms with Gasteiger partial charge in [0, 0.05) is 22.3 Å². The molecule has 113 heavy (non-hydrogen) atoms. The summed E-state index contributed by atoms with van der Waals surface area (Å²) in [4.78, 5) is 0. The summed E-state index contributed by atoms with van der Waals surface area (Å²) in [7, 11) is 0. The summed E-state index contributed by atoms with van der Waals surface area (Å²) in [5.41, 5.74) is 16.2. The molecule has 0 radical (unpaired) electrons. The second kappa shape index (κ2) is 24.6. The Morgan fingerprint density at radius 2 is 0.372 bits per heavy atom. The predicted octanol–water partition coefficient (Wildman–Crippen LogP) is 19.9. The molecule has 20 aromatic carbocycles. The van der Waals surface area contributed by atoms with E-state index in [4.69, 9.17) is 41.2 Å². The fourth-order valence-electron chi connectivity index (χ4n) is 19.4. The van der Waals surface area contributed by atoms with Crippen LogP contribution >= 0.6 is 0 Å². The molecule has 0 aliphatic rings. The lowest BCUT2D eigenvalue weighted by Gasteiger charge is -2.44. The van der Waals surface area contributed by atoms with E-state index in [9.17, 15) is 0 Å². The van der Waals surface area contributed by atoms with Gasteiger partial charge in [0.25, 0.3) is 0 Å². The molecule has 528 valence electrons. The molecule has 0 bridgehead atoms. The topological polar surface area (TPSA) is 123 Å². The highest BCUT2D eigenvalue weighted by molar-refractivity contribution is 7.20. The van der Waals surface area contributed by atoms with Gasteiger partial charge in [0.15, 0.2) is 0 Å². The smallest absolute Gasteiger partial charge is 0.113 e. The highest BCUT2D eigenvalue weighted by Crippen LogP contribution is 2.42. The molecule has 0 spiro atoms. The molecule has 0 atom stereocenters. The highest BCUT2D eigenvalue weighted by Gasteiger charge is 2.33. The molecule has 24 aromatic rings. The molecule has 0 fully saturated rings. The van der Waals surface area contributed by atoms with Crippen LogP contribution in [-0.4, -0.2) is 66.1 Å². The zero-order valence-corrected chi connectivity index (χ0v) is 61.1. The Morgan fingerprint density at radius 3 is 0.584 bits per heavy atom. The molecule has 0 saturated carbocycles. The average molecular weight is 1440 g/mol.